The van der Waals surface area contributed by atoms with Crippen LogP contribution < -0.4 is 20.1 Å². The Hall–Kier alpha value is -3.61. The number of benzene rings is 2. The maximum Gasteiger partial charge on any atom is 0.255 e. The van der Waals surface area contributed by atoms with Gasteiger partial charge in [-0.1, -0.05) is 0 Å². The molecule has 0 aliphatic carbocycles. The zero-order chi connectivity index (χ0) is 19.2. The molecule has 2 aromatic carbocycles. The first-order valence-electron chi connectivity index (χ1n) is 8.11. The summed E-state index contributed by atoms with van der Waals surface area (Å²) in [6.07, 6.45) is 1.52. The number of anilines is 3. The summed E-state index contributed by atoms with van der Waals surface area (Å²) < 4.78 is 23.4. The van der Waals surface area contributed by atoms with Gasteiger partial charge in [-0.2, -0.15) is 0 Å². The number of carbonyl (C=O) groups excluding carboxylic acids is 1. The van der Waals surface area contributed by atoms with Crippen molar-refractivity contribution in [2.75, 3.05) is 24.9 Å². The average Bonchev–Trinajstić information content (AvgIpc) is 2.70. The van der Waals surface area contributed by atoms with E-state index in [1.54, 1.807) is 49.6 Å². The Bertz CT molecular complexity index is 945. The number of nitrogens with zero attached hydrogens (tertiary/aromatic N) is 1. The molecule has 6 nitrogen and oxygen atoms in total. The molecule has 0 aliphatic rings. The molecule has 0 aliphatic heterocycles. The number of nitrogens with one attached hydrogen (secondary N) is 2. The molecular formula is C20H18FN3O3. The van der Waals surface area contributed by atoms with Crippen molar-refractivity contribution in [1.29, 1.82) is 0 Å². The molecule has 0 bridgehead atoms. The fraction of sp³-hybridized carbons (Fsp3) is 0.100. The minimum Gasteiger partial charge on any atom is -0.493 e. The van der Waals surface area contributed by atoms with E-state index in [4.69, 9.17) is 9.47 Å². The van der Waals surface area contributed by atoms with E-state index in [-0.39, 0.29) is 11.7 Å². The van der Waals surface area contributed by atoms with Gasteiger partial charge in [-0.05, 0) is 48.5 Å². The molecule has 0 atom stereocenters. The maximum atomic E-state index is 13.0. The topological polar surface area (TPSA) is 72.5 Å². The minimum atomic E-state index is -0.323. The van der Waals surface area contributed by atoms with Gasteiger partial charge in [-0.15, -0.1) is 0 Å². The zero-order valence-electron chi connectivity index (χ0n) is 14.8. The van der Waals surface area contributed by atoms with Gasteiger partial charge in [0, 0.05) is 29.2 Å². The first-order valence-corrected chi connectivity index (χ1v) is 8.11. The first kappa shape index (κ1) is 18.2. The standard InChI is InChI=1S/C20H18FN3O3/c1-26-17-8-7-16(12-18(17)27-2)24-20(25)13-9-10-22-19(11-13)23-15-5-3-14(21)4-6-15/h3-12H,1-2H3,(H,22,23)(H,24,25). The van der Waals surface area contributed by atoms with E-state index in [1.165, 1.54) is 25.4 Å². The summed E-state index contributed by atoms with van der Waals surface area (Å²) in [5.41, 5.74) is 1.66. The van der Waals surface area contributed by atoms with Gasteiger partial charge < -0.3 is 20.1 Å². The van der Waals surface area contributed by atoms with E-state index in [2.05, 4.69) is 15.6 Å². The number of ether oxygens (including phenoxy) is 2. The minimum absolute atomic E-state index is 0.299. The van der Waals surface area contributed by atoms with Crippen LogP contribution in [0.4, 0.5) is 21.6 Å². The average molecular weight is 367 g/mol. The van der Waals surface area contributed by atoms with Crippen LogP contribution in [-0.4, -0.2) is 25.1 Å². The predicted octanol–water partition coefficient (Wildman–Crippen LogP) is 4.23. The van der Waals surface area contributed by atoms with Crippen molar-refractivity contribution in [1.82, 2.24) is 4.98 Å². The lowest BCUT2D eigenvalue weighted by Gasteiger charge is -2.11. The third-order valence-corrected chi connectivity index (χ3v) is 3.78. The molecule has 3 aromatic rings. The highest BCUT2D eigenvalue weighted by atomic mass is 19.1. The van der Waals surface area contributed by atoms with E-state index in [0.29, 0.717) is 34.3 Å². The fourth-order valence-electron chi connectivity index (χ4n) is 2.44. The molecule has 1 amide bonds. The van der Waals surface area contributed by atoms with Crippen molar-refractivity contribution >= 4 is 23.1 Å². The van der Waals surface area contributed by atoms with Gasteiger partial charge in [0.25, 0.3) is 5.91 Å². The monoisotopic (exact) mass is 367 g/mol. The van der Waals surface area contributed by atoms with Crippen LogP contribution in [0.2, 0.25) is 0 Å². The van der Waals surface area contributed by atoms with Crippen LogP contribution in [0.1, 0.15) is 10.4 Å². The first-order chi connectivity index (χ1) is 13.1. The second-order valence-electron chi connectivity index (χ2n) is 5.59. The van der Waals surface area contributed by atoms with E-state index in [0.717, 1.165) is 0 Å². The Balaban J connectivity index is 1.74. The molecule has 138 valence electrons. The van der Waals surface area contributed by atoms with Crippen LogP contribution in [0.5, 0.6) is 11.5 Å². The number of hydrogen-bond donors (Lipinski definition) is 2. The van der Waals surface area contributed by atoms with Gasteiger partial charge in [0.05, 0.1) is 14.2 Å². The van der Waals surface area contributed by atoms with E-state index in [1.807, 2.05) is 0 Å². The third kappa shape index (κ3) is 4.52. The molecule has 0 unspecified atom stereocenters. The molecular weight excluding hydrogens is 349 g/mol. The summed E-state index contributed by atoms with van der Waals surface area (Å²) >= 11 is 0. The number of pyridine rings is 1. The molecule has 0 fully saturated rings. The van der Waals surface area contributed by atoms with E-state index in [9.17, 15) is 9.18 Å². The summed E-state index contributed by atoms with van der Waals surface area (Å²) in [5.74, 6) is 0.943. The Morgan fingerprint density at radius 3 is 2.33 bits per heavy atom. The fourth-order valence-corrected chi connectivity index (χ4v) is 2.44. The normalized spacial score (nSPS) is 10.2. The Morgan fingerprint density at radius 1 is 0.926 bits per heavy atom. The summed E-state index contributed by atoms with van der Waals surface area (Å²) in [4.78, 5) is 16.7. The van der Waals surface area contributed by atoms with E-state index < -0.39 is 0 Å². The van der Waals surface area contributed by atoms with Gasteiger partial charge in [0.15, 0.2) is 11.5 Å². The van der Waals surface area contributed by atoms with Crippen molar-refractivity contribution in [2.45, 2.75) is 0 Å². The van der Waals surface area contributed by atoms with Gasteiger partial charge in [0.2, 0.25) is 0 Å². The third-order valence-electron chi connectivity index (χ3n) is 3.78. The smallest absolute Gasteiger partial charge is 0.255 e. The number of hydrogen-bond acceptors (Lipinski definition) is 5. The van der Waals surface area contributed by atoms with Crippen LogP contribution >= 0.6 is 0 Å². The van der Waals surface area contributed by atoms with Crippen LogP contribution in [0.15, 0.2) is 60.8 Å². The molecule has 1 heterocycles. The SMILES string of the molecule is COc1ccc(NC(=O)c2ccnc(Nc3ccc(F)cc3)c2)cc1OC. The molecule has 0 saturated heterocycles. The van der Waals surface area contributed by atoms with Gasteiger partial charge in [-0.25, -0.2) is 9.37 Å². The molecule has 2 N–H and O–H groups in total. The zero-order valence-corrected chi connectivity index (χ0v) is 14.8. The largest absolute Gasteiger partial charge is 0.493 e. The van der Waals surface area contributed by atoms with E-state index >= 15 is 0 Å². The van der Waals surface area contributed by atoms with Gasteiger partial charge in [-0.3, -0.25) is 4.79 Å². The lowest BCUT2D eigenvalue weighted by Crippen LogP contribution is -2.12. The second kappa shape index (κ2) is 8.18. The summed E-state index contributed by atoms with van der Waals surface area (Å²) in [6, 6.07) is 14.2. The van der Waals surface area contributed by atoms with Crippen molar-refractivity contribution in [3.8, 4) is 11.5 Å². The molecule has 7 heteroatoms. The number of carbonyl (C=O) groups is 1. The summed E-state index contributed by atoms with van der Waals surface area (Å²) in [6.45, 7) is 0. The number of aromatic nitrogens is 1. The van der Waals surface area contributed by atoms with Crippen molar-refractivity contribution < 1.29 is 18.7 Å². The molecule has 0 radical (unpaired) electrons. The predicted molar refractivity (Wildman–Crippen MR) is 101 cm³/mol. The molecule has 0 spiro atoms. The lowest BCUT2D eigenvalue weighted by molar-refractivity contribution is 0.102. The van der Waals surface area contributed by atoms with Crippen LogP contribution in [0.3, 0.4) is 0 Å². The Morgan fingerprint density at radius 2 is 1.63 bits per heavy atom. The highest BCUT2D eigenvalue weighted by Crippen LogP contribution is 2.30. The van der Waals surface area contributed by atoms with Gasteiger partial charge >= 0.3 is 0 Å². The van der Waals surface area contributed by atoms with Crippen molar-refractivity contribution in [3.63, 3.8) is 0 Å². The van der Waals surface area contributed by atoms with Crippen LogP contribution in [0.25, 0.3) is 0 Å². The van der Waals surface area contributed by atoms with Crippen molar-refractivity contribution in [3.05, 3.63) is 72.2 Å². The highest BCUT2D eigenvalue weighted by molar-refractivity contribution is 6.04. The van der Waals surface area contributed by atoms with Crippen molar-refractivity contribution in [2.24, 2.45) is 0 Å². The number of amides is 1. The highest BCUT2D eigenvalue weighted by Gasteiger charge is 2.10. The second-order valence-corrected chi connectivity index (χ2v) is 5.59. The number of methoxy groups -OCH3 is 2. The Labute approximate surface area is 156 Å². The lowest BCUT2D eigenvalue weighted by atomic mass is 10.2. The quantitative estimate of drug-likeness (QED) is 0.682. The molecule has 27 heavy (non-hydrogen) atoms. The summed E-state index contributed by atoms with van der Waals surface area (Å²) in [7, 11) is 3.07. The Kier molecular flexibility index (Phi) is 5.51. The number of halogens is 1. The molecule has 0 saturated carbocycles. The van der Waals surface area contributed by atoms with Crippen LogP contribution in [-0.2, 0) is 0 Å². The molecule has 3 rings (SSSR count). The number of rotatable bonds is 6. The molecule has 1 aromatic heterocycles. The van der Waals surface area contributed by atoms with Gasteiger partial charge in [0.1, 0.15) is 11.6 Å². The summed E-state index contributed by atoms with van der Waals surface area (Å²) in [5, 5.41) is 5.83. The van der Waals surface area contributed by atoms with Crippen LogP contribution in [0, 0.1) is 5.82 Å². The maximum absolute atomic E-state index is 13.0.